The lowest BCUT2D eigenvalue weighted by Gasteiger charge is -2.43. The van der Waals surface area contributed by atoms with Crippen molar-refractivity contribution in [1.82, 2.24) is 10.2 Å². The monoisotopic (exact) mass is 326 g/mol. The highest BCUT2D eigenvalue weighted by atomic mass is 16.5. The minimum atomic E-state index is -0.919. The van der Waals surface area contributed by atoms with Gasteiger partial charge >= 0.3 is 0 Å². The number of hydrogen-bond acceptors (Lipinski definition) is 5. The number of nitrogens with zero attached hydrogens (tertiary/aromatic N) is 1. The third-order valence-electron chi connectivity index (χ3n) is 5.96. The highest BCUT2D eigenvalue weighted by Crippen LogP contribution is 2.38. The molecular formula is C17H30N2O4. The molecule has 132 valence electrons. The van der Waals surface area contributed by atoms with Gasteiger partial charge in [0, 0.05) is 44.6 Å². The number of nitrogens with one attached hydrogen (secondary N) is 1. The van der Waals surface area contributed by atoms with Crippen LogP contribution in [0.4, 0.5) is 0 Å². The summed E-state index contributed by atoms with van der Waals surface area (Å²) < 4.78 is 10.9. The summed E-state index contributed by atoms with van der Waals surface area (Å²) in [7, 11) is 0. The average molecular weight is 326 g/mol. The van der Waals surface area contributed by atoms with Crippen LogP contribution in [-0.4, -0.2) is 72.6 Å². The molecule has 3 aliphatic rings. The number of morpholine rings is 1. The van der Waals surface area contributed by atoms with Crippen LogP contribution in [0.5, 0.6) is 0 Å². The second kappa shape index (κ2) is 7.05. The number of carbonyl (C=O) groups is 1. The Labute approximate surface area is 138 Å². The maximum atomic E-state index is 12.5. The Balaban J connectivity index is 1.56. The Kier molecular flexibility index (Phi) is 5.26. The molecule has 0 bridgehead atoms. The van der Waals surface area contributed by atoms with Crippen LogP contribution in [-0.2, 0) is 14.3 Å². The Bertz CT molecular complexity index is 419. The number of carbonyl (C=O) groups excluding carboxylic acids is 1. The minimum absolute atomic E-state index is 0.00568. The smallest absolute Gasteiger partial charge is 0.221 e. The average Bonchev–Trinajstić information content (AvgIpc) is 3.15. The first-order valence-corrected chi connectivity index (χ1v) is 8.98. The topological polar surface area (TPSA) is 71.0 Å². The van der Waals surface area contributed by atoms with E-state index in [0.29, 0.717) is 19.4 Å². The normalized spacial score (nSPS) is 34.6. The van der Waals surface area contributed by atoms with Crippen LogP contribution in [0.25, 0.3) is 0 Å². The molecule has 2 saturated heterocycles. The van der Waals surface area contributed by atoms with Crippen molar-refractivity contribution in [2.24, 2.45) is 0 Å². The Hall–Kier alpha value is -0.690. The van der Waals surface area contributed by atoms with Crippen molar-refractivity contribution >= 4 is 5.91 Å². The lowest BCUT2D eigenvalue weighted by atomic mass is 9.89. The second-order valence-electron chi connectivity index (χ2n) is 7.35. The lowest BCUT2D eigenvalue weighted by molar-refractivity contribution is -0.127. The van der Waals surface area contributed by atoms with E-state index >= 15 is 0 Å². The second-order valence-corrected chi connectivity index (χ2v) is 7.35. The third-order valence-corrected chi connectivity index (χ3v) is 5.96. The first kappa shape index (κ1) is 17.1. The molecule has 0 unspecified atom stereocenters. The van der Waals surface area contributed by atoms with Crippen LogP contribution in [0, 0.1) is 0 Å². The van der Waals surface area contributed by atoms with Gasteiger partial charge in [0.25, 0.3) is 0 Å². The molecule has 2 N–H and O–H groups in total. The highest BCUT2D eigenvalue weighted by molar-refractivity contribution is 5.77. The maximum Gasteiger partial charge on any atom is 0.221 e. The molecule has 6 nitrogen and oxygen atoms in total. The van der Waals surface area contributed by atoms with Gasteiger partial charge in [-0.3, -0.25) is 9.69 Å². The van der Waals surface area contributed by atoms with Crippen molar-refractivity contribution in [3.63, 3.8) is 0 Å². The van der Waals surface area contributed by atoms with Crippen LogP contribution in [0.1, 0.15) is 45.4 Å². The summed E-state index contributed by atoms with van der Waals surface area (Å²) in [6, 6.07) is 0. The van der Waals surface area contributed by atoms with Crippen LogP contribution in [0.2, 0.25) is 0 Å². The van der Waals surface area contributed by atoms with Gasteiger partial charge in [0.2, 0.25) is 5.91 Å². The zero-order valence-corrected chi connectivity index (χ0v) is 14.2. The first-order valence-electron chi connectivity index (χ1n) is 8.98. The van der Waals surface area contributed by atoms with Gasteiger partial charge in [0.05, 0.1) is 19.3 Å². The van der Waals surface area contributed by atoms with Crippen LogP contribution >= 0.6 is 0 Å². The largest absolute Gasteiger partial charge is 0.385 e. The molecule has 2 aliphatic heterocycles. The molecule has 6 heteroatoms. The van der Waals surface area contributed by atoms with Crippen LogP contribution < -0.4 is 5.32 Å². The summed E-state index contributed by atoms with van der Waals surface area (Å²) in [5.41, 5.74) is -0.925. The lowest BCUT2D eigenvalue weighted by Crippen LogP contribution is -2.55. The van der Waals surface area contributed by atoms with Crippen molar-refractivity contribution in [3.05, 3.63) is 0 Å². The van der Waals surface area contributed by atoms with Gasteiger partial charge in [-0.15, -0.1) is 0 Å². The van der Waals surface area contributed by atoms with Gasteiger partial charge in [-0.2, -0.15) is 0 Å². The quantitative estimate of drug-likeness (QED) is 0.777. The summed E-state index contributed by atoms with van der Waals surface area (Å²) in [6.45, 7) is 6.07. The van der Waals surface area contributed by atoms with E-state index < -0.39 is 5.60 Å². The summed E-state index contributed by atoms with van der Waals surface area (Å²) in [5.74, 6) is 0.0471. The molecule has 2 heterocycles. The maximum absolute atomic E-state index is 12.5. The predicted octanol–water partition coefficient (Wildman–Crippen LogP) is 0.678. The summed E-state index contributed by atoms with van der Waals surface area (Å²) in [5, 5.41) is 13.5. The summed E-state index contributed by atoms with van der Waals surface area (Å²) in [4.78, 5) is 15.0. The Morgan fingerprint density at radius 2 is 1.91 bits per heavy atom. The standard InChI is InChI=1S/C17H30N2O4/c1-14-17(21,6-9-23-14)13-18-15(20)12-16(4-2-3-5-16)19-7-10-22-11-8-19/h14,21H,2-13H2,1H3,(H,18,20)/t14-,17+/m0/s1. The summed E-state index contributed by atoms with van der Waals surface area (Å²) >= 11 is 0. The Morgan fingerprint density at radius 3 is 2.52 bits per heavy atom. The molecule has 2 atom stereocenters. The van der Waals surface area contributed by atoms with E-state index in [-0.39, 0.29) is 24.1 Å². The number of hydrogen-bond donors (Lipinski definition) is 2. The third kappa shape index (κ3) is 3.71. The predicted molar refractivity (Wildman–Crippen MR) is 86.2 cm³/mol. The van der Waals surface area contributed by atoms with Crippen LogP contribution in [0.3, 0.4) is 0 Å². The SMILES string of the molecule is C[C@@H]1OCC[C@@]1(O)CNC(=O)CC1(N2CCOCC2)CCCC1. The van der Waals surface area contributed by atoms with Crippen molar-refractivity contribution in [2.75, 3.05) is 39.5 Å². The van der Waals surface area contributed by atoms with E-state index in [1.807, 2.05) is 6.92 Å². The molecule has 1 saturated carbocycles. The van der Waals surface area contributed by atoms with Gasteiger partial charge < -0.3 is 19.9 Å². The van der Waals surface area contributed by atoms with Crippen molar-refractivity contribution in [1.29, 1.82) is 0 Å². The zero-order chi connectivity index (χ0) is 16.3. The zero-order valence-electron chi connectivity index (χ0n) is 14.2. The molecule has 1 amide bonds. The Morgan fingerprint density at radius 1 is 1.22 bits per heavy atom. The molecule has 0 spiro atoms. The first-order chi connectivity index (χ1) is 11.0. The number of ether oxygens (including phenoxy) is 2. The van der Waals surface area contributed by atoms with E-state index in [4.69, 9.17) is 9.47 Å². The molecule has 23 heavy (non-hydrogen) atoms. The van der Waals surface area contributed by atoms with Gasteiger partial charge in [0.15, 0.2) is 0 Å². The van der Waals surface area contributed by atoms with E-state index in [9.17, 15) is 9.90 Å². The van der Waals surface area contributed by atoms with Crippen molar-refractivity contribution < 1.29 is 19.4 Å². The molecule has 0 radical (unpaired) electrons. The van der Waals surface area contributed by atoms with Crippen molar-refractivity contribution in [2.45, 2.75) is 62.7 Å². The van der Waals surface area contributed by atoms with Gasteiger partial charge in [-0.05, 0) is 19.8 Å². The van der Waals surface area contributed by atoms with E-state index in [0.717, 1.165) is 39.1 Å². The van der Waals surface area contributed by atoms with Crippen LogP contribution in [0.15, 0.2) is 0 Å². The summed E-state index contributed by atoms with van der Waals surface area (Å²) in [6.07, 6.45) is 5.46. The van der Waals surface area contributed by atoms with Gasteiger partial charge in [0.1, 0.15) is 5.60 Å². The van der Waals surface area contributed by atoms with Gasteiger partial charge in [-0.25, -0.2) is 0 Å². The highest BCUT2D eigenvalue weighted by Gasteiger charge is 2.43. The molecule has 0 aromatic heterocycles. The number of rotatable bonds is 5. The fourth-order valence-electron chi connectivity index (χ4n) is 4.29. The van der Waals surface area contributed by atoms with E-state index in [1.165, 1.54) is 12.8 Å². The fraction of sp³-hybridized carbons (Fsp3) is 0.941. The number of aliphatic hydroxyl groups is 1. The molecule has 1 aliphatic carbocycles. The number of amides is 1. The molecule has 0 aromatic rings. The van der Waals surface area contributed by atoms with E-state index in [1.54, 1.807) is 0 Å². The minimum Gasteiger partial charge on any atom is -0.385 e. The fourth-order valence-corrected chi connectivity index (χ4v) is 4.29. The van der Waals surface area contributed by atoms with Gasteiger partial charge in [-0.1, -0.05) is 12.8 Å². The molecular weight excluding hydrogens is 296 g/mol. The van der Waals surface area contributed by atoms with E-state index in [2.05, 4.69) is 10.2 Å². The molecule has 3 fully saturated rings. The molecule has 0 aromatic carbocycles. The van der Waals surface area contributed by atoms with Crippen molar-refractivity contribution in [3.8, 4) is 0 Å². The molecule has 3 rings (SSSR count).